The summed E-state index contributed by atoms with van der Waals surface area (Å²) >= 11 is 0. The number of nitrogens with one attached hydrogen (secondary N) is 2. The van der Waals surface area contributed by atoms with Gasteiger partial charge in [-0.3, -0.25) is 9.59 Å². The maximum Gasteiger partial charge on any atom is 0.273 e. The first-order chi connectivity index (χ1) is 10.6. The lowest BCUT2D eigenvalue weighted by Gasteiger charge is -2.29. The van der Waals surface area contributed by atoms with Crippen LogP contribution in [0.1, 0.15) is 42.6 Å². The summed E-state index contributed by atoms with van der Waals surface area (Å²) in [7, 11) is 0. The number of anilines is 1. The Labute approximate surface area is 129 Å². The Morgan fingerprint density at radius 2 is 1.68 bits per heavy atom. The lowest BCUT2D eigenvalue weighted by atomic mass is 9.91. The van der Waals surface area contributed by atoms with Crippen LogP contribution >= 0.6 is 0 Å². The first kappa shape index (κ1) is 16.2. The molecule has 1 aliphatic carbocycles. The van der Waals surface area contributed by atoms with Gasteiger partial charge in [-0.15, -0.1) is 0 Å². The van der Waals surface area contributed by atoms with E-state index in [0.717, 1.165) is 25.7 Å². The van der Waals surface area contributed by atoms with Gasteiger partial charge >= 0.3 is 0 Å². The maximum absolute atomic E-state index is 12.1. The molecule has 0 aliphatic heterocycles. The van der Waals surface area contributed by atoms with Gasteiger partial charge in [0.1, 0.15) is 0 Å². The zero-order valence-electron chi connectivity index (χ0n) is 12.4. The molecule has 120 valence electrons. The summed E-state index contributed by atoms with van der Waals surface area (Å²) in [6.07, 6.45) is 6.51. The molecule has 1 saturated carbocycles. The smallest absolute Gasteiger partial charge is 0.273 e. The molecule has 0 aromatic carbocycles. The number of carbonyl (C=O) groups excluding carboxylic acids is 2. The second-order valence-corrected chi connectivity index (χ2v) is 5.42. The first-order valence-corrected chi connectivity index (χ1v) is 7.47. The Morgan fingerprint density at radius 3 is 2.27 bits per heavy atom. The van der Waals surface area contributed by atoms with Crippen molar-refractivity contribution in [1.29, 1.82) is 0 Å². The normalized spacial score (nSPS) is 21.1. The number of nitrogens with zero attached hydrogens (tertiary/aromatic N) is 2. The zero-order valence-corrected chi connectivity index (χ0v) is 12.4. The number of rotatable bonds is 5. The molecule has 2 rings (SSSR count). The number of carbonyl (C=O) groups is 2. The summed E-state index contributed by atoms with van der Waals surface area (Å²) in [5.74, 6) is -0.189. The number of aromatic nitrogens is 2. The number of hydrogen-bond acceptors (Lipinski definition) is 6. The Bertz CT molecular complexity index is 528. The highest BCUT2D eigenvalue weighted by Crippen LogP contribution is 2.19. The highest BCUT2D eigenvalue weighted by Gasteiger charge is 2.24. The van der Waals surface area contributed by atoms with Crippen molar-refractivity contribution < 1.29 is 9.59 Å². The second-order valence-electron chi connectivity index (χ2n) is 5.42. The molecule has 1 aliphatic rings. The molecule has 1 aromatic rings. The van der Waals surface area contributed by atoms with Crippen LogP contribution in [0, 0.1) is 0 Å². The fourth-order valence-corrected chi connectivity index (χ4v) is 2.59. The molecule has 0 spiro atoms. The van der Waals surface area contributed by atoms with E-state index in [1.165, 1.54) is 12.4 Å². The van der Waals surface area contributed by atoms with Crippen molar-refractivity contribution in [3.63, 3.8) is 0 Å². The molecule has 0 saturated heterocycles. The van der Waals surface area contributed by atoms with Crippen molar-refractivity contribution in [3.05, 3.63) is 18.1 Å². The molecular weight excluding hydrogens is 284 g/mol. The van der Waals surface area contributed by atoms with Crippen LogP contribution in [-0.2, 0) is 4.79 Å². The summed E-state index contributed by atoms with van der Waals surface area (Å²) < 4.78 is 0. The van der Waals surface area contributed by atoms with Crippen LogP contribution in [0.2, 0.25) is 0 Å². The van der Waals surface area contributed by atoms with E-state index in [4.69, 9.17) is 11.5 Å². The molecule has 1 fully saturated rings. The predicted molar refractivity (Wildman–Crippen MR) is 81.8 cm³/mol. The molecule has 0 radical (unpaired) electrons. The fourth-order valence-electron chi connectivity index (χ4n) is 2.59. The Kier molecular flexibility index (Phi) is 5.65. The van der Waals surface area contributed by atoms with E-state index >= 15 is 0 Å². The number of amides is 2. The number of hydrogen-bond donors (Lipinski definition) is 4. The van der Waals surface area contributed by atoms with Crippen molar-refractivity contribution in [2.75, 3.05) is 12.3 Å². The van der Waals surface area contributed by atoms with Gasteiger partial charge < -0.3 is 22.1 Å². The van der Waals surface area contributed by atoms with E-state index in [-0.39, 0.29) is 35.4 Å². The number of nitrogen functional groups attached to an aromatic ring is 1. The lowest BCUT2D eigenvalue weighted by molar-refractivity contribution is -0.121. The van der Waals surface area contributed by atoms with Crippen LogP contribution in [0.3, 0.4) is 0 Å². The Morgan fingerprint density at radius 1 is 1.09 bits per heavy atom. The zero-order chi connectivity index (χ0) is 15.9. The minimum atomic E-state index is -0.304. The highest BCUT2D eigenvalue weighted by molar-refractivity contribution is 5.96. The van der Waals surface area contributed by atoms with Crippen LogP contribution < -0.4 is 22.1 Å². The van der Waals surface area contributed by atoms with Crippen LogP contribution in [0.15, 0.2) is 12.4 Å². The first-order valence-electron chi connectivity index (χ1n) is 7.47. The van der Waals surface area contributed by atoms with Gasteiger partial charge in [0, 0.05) is 37.4 Å². The van der Waals surface area contributed by atoms with E-state index in [9.17, 15) is 9.59 Å². The standard InChI is InChI=1S/C14H22N6O2/c15-6-5-11(21)19-9-1-3-10(4-2-9)20-14(22)12-13(16)18-8-7-17-12/h7-10H,1-6,15H2,(H2,16,18)(H,19,21)(H,20,22). The van der Waals surface area contributed by atoms with E-state index < -0.39 is 0 Å². The van der Waals surface area contributed by atoms with E-state index in [1.54, 1.807) is 0 Å². The third-order valence-electron chi connectivity index (χ3n) is 3.74. The van der Waals surface area contributed by atoms with Gasteiger partial charge in [0.2, 0.25) is 5.91 Å². The van der Waals surface area contributed by atoms with Crippen LogP contribution in [0.4, 0.5) is 5.82 Å². The van der Waals surface area contributed by atoms with Gasteiger partial charge in [-0.2, -0.15) is 0 Å². The maximum atomic E-state index is 12.1. The topological polar surface area (TPSA) is 136 Å². The van der Waals surface area contributed by atoms with E-state index in [0.29, 0.717) is 13.0 Å². The third kappa shape index (κ3) is 4.39. The molecule has 8 nitrogen and oxygen atoms in total. The van der Waals surface area contributed by atoms with Crippen LogP contribution in [-0.4, -0.2) is 40.4 Å². The average Bonchev–Trinajstić information content (AvgIpc) is 2.50. The molecule has 0 bridgehead atoms. The van der Waals surface area contributed by atoms with E-state index in [1.807, 2.05) is 0 Å². The molecule has 1 aromatic heterocycles. The van der Waals surface area contributed by atoms with Gasteiger partial charge in [0.25, 0.3) is 5.91 Å². The largest absolute Gasteiger partial charge is 0.382 e. The summed E-state index contributed by atoms with van der Waals surface area (Å²) in [6.45, 7) is 0.358. The van der Waals surface area contributed by atoms with Crippen molar-refractivity contribution in [1.82, 2.24) is 20.6 Å². The minimum absolute atomic E-state index is 0.0117. The molecule has 6 N–H and O–H groups in total. The molecule has 8 heteroatoms. The highest BCUT2D eigenvalue weighted by atomic mass is 16.2. The third-order valence-corrected chi connectivity index (χ3v) is 3.74. The van der Waals surface area contributed by atoms with E-state index in [2.05, 4.69) is 20.6 Å². The minimum Gasteiger partial charge on any atom is -0.382 e. The average molecular weight is 306 g/mol. The van der Waals surface area contributed by atoms with Crippen molar-refractivity contribution in [2.24, 2.45) is 5.73 Å². The predicted octanol–water partition coefficient (Wildman–Crippen LogP) is -0.435. The van der Waals surface area contributed by atoms with Gasteiger partial charge in [0.05, 0.1) is 0 Å². The molecule has 2 amide bonds. The molecular formula is C14H22N6O2. The summed E-state index contributed by atoms with van der Waals surface area (Å²) in [6, 6.07) is 0.227. The lowest BCUT2D eigenvalue weighted by Crippen LogP contribution is -2.44. The second kappa shape index (κ2) is 7.69. The SMILES string of the molecule is NCCC(=O)NC1CCC(NC(=O)c2nccnc2N)CC1. The van der Waals surface area contributed by atoms with Gasteiger partial charge in [-0.1, -0.05) is 0 Å². The quantitative estimate of drug-likeness (QED) is 0.582. The molecule has 1 heterocycles. The molecule has 0 atom stereocenters. The number of nitrogens with two attached hydrogens (primary N) is 2. The Balaban J connectivity index is 1.79. The van der Waals surface area contributed by atoms with Crippen LogP contribution in [0.5, 0.6) is 0 Å². The van der Waals surface area contributed by atoms with Gasteiger partial charge in [-0.05, 0) is 25.7 Å². The summed E-state index contributed by atoms with van der Waals surface area (Å²) in [5.41, 5.74) is 11.1. The van der Waals surface area contributed by atoms with Gasteiger partial charge in [-0.25, -0.2) is 9.97 Å². The molecule has 0 unspecified atom stereocenters. The van der Waals surface area contributed by atoms with Crippen LogP contribution in [0.25, 0.3) is 0 Å². The van der Waals surface area contributed by atoms with Crippen molar-refractivity contribution >= 4 is 17.6 Å². The summed E-state index contributed by atoms with van der Waals surface area (Å²) in [4.78, 5) is 31.4. The van der Waals surface area contributed by atoms with Gasteiger partial charge in [0.15, 0.2) is 11.5 Å². The molecule has 22 heavy (non-hydrogen) atoms. The van der Waals surface area contributed by atoms with Crippen molar-refractivity contribution in [3.8, 4) is 0 Å². The summed E-state index contributed by atoms with van der Waals surface area (Å²) in [5, 5.41) is 5.88. The Hall–Kier alpha value is -2.22. The monoisotopic (exact) mass is 306 g/mol. The fraction of sp³-hybridized carbons (Fsp3) is 0.571. The van der Waals surface area contributed by atoms with Crippen molar-refractivity contribution in [2.45, 2.75) is 44.2 Å².